The molecule has 6 rings (SSSR count). The van der Waals surface area contributed by atoms with E-state index in [1.807, 2.05) is 95.8 Å². The molecule has 0 radical (unpaired) electrons. The van der Waals surface area contributed by atoms with Crippen molar-refractivity contribution >= 4 is 22.4 Å². The molecule has 0 aliphatic heterocycles. The number of methoxy groups -OCH3 is 1. The summed E-state index contributed by atoms with van der Waals surface area (Å²) in [5.74, 6) is 2.07. The van der Waals surface area contributed by atoms with E-state index in [9.17, 15) is 4.79 Å². The first-order valence-electron chi connectivity index (χ1n) is 13.1. The molecule has 9 heteroatoms. The summed E-state index contributed by atoms with van der Waals surface area (Å²) in [4.78, 5) is 18.5. The van der Waals surface area contributed by atoms with Gasteiger partial charge in [-0.2, -0.15) is 14.6 Å². The molecule has 3 heterocycles. The highest BCUT2D eigenvalue weighted by molar-refractivity contribution is 7.15. The first-order chi connectivity index (χ1) is 19.6. The van der Waals surface area contributed by atoms with Crippen molar-refractivity contribution in [1.29, 1.82) is 0 Å². The predicted molar refractivity (Wildman–Crippen MR) is 157 cm³/mol. The molecule has 0 bridgehead atoms. The Hall–Kier alpha value is -4.76. The number of hydrogen-bond donors (Lipinski definition) is 0. The van der Waals surface area contributed by atoms with Crippen LogP contribution >= 0.6 is 11.3 Å². The zero-order valence-electron chi connectivity index (χ0n) is 22.2. The maximum atomic E-state index is 13.3. The van der Waals surface area contributed by atoms with E-state index >= 15 is 0 Å². The van der Waals surface area contributed by atoms with Crippen molar-refractivity contribution in [2.75, 3.05) is 13.7 Å². The smallest absolute Gasteiger partial charge is 0.291 e. The van der Waals surface area contributed by atoms with Crippen LogP contribution in [0.15, 0.2) is 89.9 Å². The SMILES string of the molecule is CCCCOc1ccc(-c2nn(-c3ccccc3)cc2/C=c2\sc3nc(-c4ccc(OC)cc4)nn3c2=O)cc1. The summed E-state index contributed by atoms with van der Waals surface area (Å²) < 4.78 is 14.8. The maximum Gasteiger partial charge on any atom is 0.291 e. The number of fused-ring (bicyclic) bond motifs is 1. The standard InChI is InChI=1S/C31H27N5O3S/c1-3-4-18-39-26-16-10-21(11-17-26)28-23(20-35(33-28)24-8-6-5-7-9-24)19-27-30(37)36-31(40-27)32-29(34-36)22-12-14-25(38-2)15-13-22/h5-17,19-20H,3-4,18H2,1-2H3/b27-19-. The fourth-order valence-electron chi connectivity index (χ4n) is 4.31. The van der Waals surface area contributed by atoms with Gasteiger partial charge in [0.15, 0.2) is 5.82 Å². The zero-order chi connectivity index (χ0) is 27.5. The molecule has 0 saturated carbocycles. The Bertz CT molecular complexity index is 1860. The molecule has 0 spiro atoms. The van der Waals surface area contributed by atoms with Crippen LogP contribution in [0.5, 0.6) is 11.5 Å². The van der Waals surface area contributed by atoms with Gasteiger partial charge < -0.3 is 9.47 Å². The zero-order valence-corrected chi connectivity index (χ0v) is 23.0. The largest absolute Gasteiger partial charge is 0.497 e. The summed E-state index contributed by atoms with van der Waals surface area (Å²) in [6.45, 7) is 2.83. The Balaban J connectivity index is 1.39. The van der Waals surface area contributed by atoms with Crippen molar-refractivity contribution in [3.63, 3.8) is 0 Å². The number of unbranched alkanes of at least 4 members (excludes halogenated alkanes) is 1. The first-order valence-corrected chi connectivity index (χ1v) is 13.9. The molecule has 8 nitrogen and oxygen atoms in total. The normalized spacial score (nSPS) is 11.8. The van der Waals surface area contributed by atoms with Crippen LogP contribution in [0, 0.1) is 0 Å². The second kappa shape index (κ2) is 11.2. The van der Waals surface area contributed by atoms with Gasteiger partial charge >= 0.3 is 0 Å². The second-order valence-corrected chi connectivity index (χ2v) is 10.2. The maximum absolute atomic E-state index is 13.3. The van der Waals surface area contributed by atoms with E-state index in [0.717, 1.165) is 52.4 Å². The van der Waals surface area contributed by atoms with Gasteiger partial charge in [-0.1, -0.05) is 42.9 Å². The van der Waals surface area contributed by atoms with Crippen LogP contribution in [0.2, 0.25) is 0 Å². The number of rotatable bonds is 9. The number of benzene rings is 3. The van der Waals surface area contributed by atoms with Crippen LogP contribution in [-0.4, -0.2) is 38.1 Å². The van der Waals surface area contributed by atoms with Gasteiger partial charge in [0.2, 0.25) is 4.96 Å². The predicted octanol–water partition coefficient (Wildman–Crippen LogP) is 5.41. The van der Waals surface area contributed by atoms with Crippen molar-refractivity contribution in [3.8, 4) is 39.8 Å². The van der Waals surface area contributed by atoms with Gasteiger partial charge in [-0.15, -0.1) is 5.10 Å². The molecular weight excluding hydrogens is 522 g/mol. The van der Waals surface area contributed by atoms with E-state index in [1.54, 1.807) is 7.11 Å². The number of ether oxygens (including phenoxy) is 2. The van der Waals surface area contributed by atoms with E-state index in [1.165, 1.54) is 15.9 Å². The lowest BCUT2D eigenvalue weighted by Crippen LogP contribution is -2.23. The Morgan fingerprint density at radius 1 is 0.900 bits per heavy atom. The number of thiazole rings is 1. The molecule has 6 aromatic rings. The topological polar surface area (TPSA) is 83.5 Å². The van der Waals surface area contributed by atoms with Crippen molar-refractivity contribution in [2.45, 2.75) is 19.8 Å². The van der Waals surface area contributed by atoms with Crippen LogP contribution in [0.4, 0.5) is 0 Å². The molecule has 40 heavy (non-hydrogen) atoms. The van der Waals surface area contributed by atoms with Crippen molar-refractivity contribution in [3.05, 3.63) is 106 Å². The molecule has 0 amide bonds. The molecule has 3 aromatic heterocycles. The van der Waals surface area contributed by atoms with Gasteiger partial charge in [0, 0.05) is 22.9 Å². The van der Waals surface area contributed by atoms with E-state index in [0.29, 0.717) is 21.9 Å². The average Bonchev–Trinajstić information content (AvgIpc) is 3.69. The Labute approximate surface area is 234 Å². The Morgan fingerprint density at radius 2 is 1.62 bits per heavy atom. The van der Waals surface area contributed by atoms with Gasteiger partial charge in [-0.25, -0.2) is 4.68 Å². The average molecular weight is 550 g/mol. The minimum atomic E-state index is -0.217. The Morgan fingerprint density at radius 3 is 2.33 bits per heavy atom. The van der Waals surface area contributed by atoms with Gasteiger partial charge in [0.1, 0.15) is 17.2 Å². The molecule has 0 aliphatic carbocycles. The van der Waals surface area contributed by atoms with Crippen LogP contribution in [0.3, 0.4) is 0 Å². The number of hydrogen-bond acceptors (Lipinski definition) is 7. The third-order valence-electron chi connectivity index (χ3n) is 6.47. The fraction of sp³-hybridized carbons (Fsp3) is 0.161. The summed E-state index contributed by atoms with van der Waals surface area (Å²) in [6.07, 6.45) is 5.90. The van der Waals surface area contributed by atoms with E-state index in [4.69, 9.17) is 14.6 Å². The van der Waals surface area contributed by atoms with Crippen LogP contribution < -0.4 is 19.6 Å². The number of para-hydroxylation sites is 1. The molecule has 0 N–H and O–H groups in total. The number of nitrogens with zero attached hydrogens (tertiary/aromatic N) is 5. The molecule has 0 atom stereocenters. The molecule has 0 saturated heterocycles. The third kappa shape index (κ3) is 5.11. The Kier molecular flexibility index (Phi) is 7.11. The van der Waals surface area contributed by atoms with E-state index in [2.05, 4.69) is 17.0 Å². The van der Waals surface area contributed by atoms with Crippen LogP contribution in [-0.2, 0) is 0 Å². The number of aromatic nitrogens is 5. The fourth-order valence-corrected chi connectivity index (χ4v) is 5.21. The molecular formula is C31H27N5O3S. The molecule has 0 aliphatic rings. The quantitative estimate of drug-likeness (QED) is 0.225. The summed E-state index contributed by atoms with van der Waals surface area (Å²) in [5, 5.41) is 9.37. The van der Waals surface area contributed by atoms with Crippen molar-refractivity contribution < 1.29 is 9.47 Å². The minimum absolute atomic E-state index is 0.217. The summed E-state index contributed by atoms with van der Waals surface area (Å²) in [5.41, 5.74) is 4.04. The van der Waals surface area contributed by atoms with Gasteiger partial charge in [0.05, 0.1) is 23.9 Å². The minimum Gasteiger partial charge on any atom is -0.497 e. The third-order valence-corrected chi connectivity index (χ3v) is 7.43. The van der Waals surface area contributed by atoms with Crippen molar-refractivity contribution in [2.24, 2.45) is 0 Å². The summed E-state index contributed by atoms with van der Waals surface area (Å²) in [6, 6.07) is 25.3. The monoisotopic (exact) mass is 549 g/mol. The van der Waals surface area contributed by atoms with Gasteiger partial charge in [-0.05, 0) is 73.2 Å². The van der Waals surface area contributed by atoms with Gasteiger partial charge in [0.25, 0.3) is 5.56 Å². The molecule has 0 fully saturated rings. The molecule has 3 aromatic carbocycles. The summed E-state index contributed by atoms with van der Waals surface area (Å²) in [7, 11) is 1.62. The highest BCUT2D eigenvalue weighted by Gasteiger charge is 2.15. The first kappa shape index (κ1) is 25.5. The van der Waals surface area contributed by atoms with Gasteiger partial charge in [-0.3, -0.25) is 4.79 Å². The van der Waals surface area contributed by atoms with E-state index in [-0.39, 0.29) is 5.56 Å². The highest BCUT2D eigenvalue weighted by Crippen LogP contribution is 2.27. The van der Waals surface area contributed by atoms with Crippen LogP contribution in [0.1, 0.15) is 25.3 Å². The van der Waals surface area contributed by atoms with Crippen molar-refractivity contribution in [1.82, 2.24) is 24.4 Å². The highest BCUT2D eigenvalue weighted by atomic mass is 32.1. The lowest BCUT2D eigenvalue weighted by Gasteiger charge is -2.06. The lowest BCUT2D eigenvalue weighted by atomic mass is 10.1. The van der Waals surface area contributed by atoms with Crippen LogP contribution in [0.25, 0.3) is 39.4 Å². The molecule has 0 unspecified atom stereocenters. The lowest BCUT2D eigenvalue weighted by molar-refractivity contribution is 0.309. The second-order valence-electron chi connectivity index (χ2n) is 9.21. The van der Waals surface area contributed by atoms with E-state index < -0.39 is 0 Å². The summed E-state index contributed by atoms with van der Waals surface area (Å²) >= 11 is 1.30. The molecule has 200 valence electrons.